The largest absolute Gasteiger partial charge is 0.454 e. The molecule has 2 N–H and O–H groups in total. The molecule has 2 aromatic rings. The maximum absolute atomic E-state index is 13.1. The third kappa shape index (κ3) is 3.41. The highest BCUT2D eigenvalue weighted by Crippen LogP contribution is 2.32. The molecule has 3 rings (SSSR count). The van der Waals surface area contributed by atoms with Gasteiger partial charge < -0.3 is 20.1 Å². The summed E-state index contributed by atoms with van der Waals surface area (Å²) in [6.07, 6.45) is 0. The number of hydrogen-bond acceptors (Lipinski definition) is 3. The van der Waals surface area contributed by atoms with Gasteiger partial charge in [-0.1, -0.05) is 12.1 Å². The van der Waals surface area contributed by atoms with Crippen LogP contribution in [0.2, 0.25) is 0 Å². The van der Waals surface area contributed by atoms with Gasteiger partial charge in [-0.15, -0.1) is 0 Å². The van der Waals surface area contributed by atoms with Crippen LogP contribution in [0.15, 0.2) is 42.5 Å². The second-order valence-corrected chi connectivity index (χ2v) is 4.91. The quantitative estimate of drug-likeness (QED) is 0.853. The molecule has 108 valence electrons. The first-order valence-corrected chi connectivity index (χ1v) is 6.80. The van der Waals surface area contributed by atoms with Gasteiger partial charge in [0.1, 0.15) is 5.82 Å². The first kappa shape index (κ1) is 13.6. The Labute approximate surface area is 126 Å². The van der Waals surface area contributed by atoms with Crippen molar-refractivity contribution in [3.8, 4) is 11.5 Å². The van der Waals surface area contributed by atoms with Gasteiger partial charge in [0.2, 0.25) is 6.79 Å². The van der Waals surface area contributed by atoms with Crippen LogP contribution >= 0.6 is 12.2 Å². The van der Waals surface area contributed by atoms with Crippen LogP contribution < -0.4 is 20.1 Å². The van der Waals surface area contributed by atoms with Crippen LogP contribution in [0.1, 0.15) is 5.56 Å². The molecular weight excluding hydrogens is 291 g/mol. The minimum atomic E-state index is -0.307. The van der Waals surface area contributed by atoms with Crippen molar-refractivity contribution in [2.45, 2.75) is 6.54 Å². The van der Waals surface area contributed by atoms with Crippen LogP contribution in [-0.4, -0.2) is 11.9 Å². The van der Waals surface area contributed by atoms with Gasteiger partial charge in [-0.3, -0.25) is 0 Å². The Morgan fingerprint density at radius 2 is 2.00 bits per heavy atom. The molecule has 0 aromatic heterocycles. The third-order valence-electron chi connectivity index (χ3n) is 2.97. The number of benzene rings is 2. The second kappa shape index (κ2) is 5.97. The van der Waals surface area contributed by atoms with E-state index in [0.717, 1.165) is 17.1 Å². The fourth-order valence-corrected chi connectivity index (χ4v) is 2.16. The van der Waals surface area contributed by atoms with Crippen molar-refractivity contribution in [1.29, 1.82) is 0 Å². The number of fused-ring (bicyclic) bond motifs is 1. The van der Waals surface area contributed by atoms with Gasteiger partial charge in [-0.25, -0.2) is 4.39 Å². The minimum absolute atomic E-state index is 0.256. The maximum atomic E-state index is 13.1. The van der Waals surface area contributed by atoms with Crippen molar-refractivity contribution in [3.63, 3.8) is 0 Å². The average Bonchev–Trinajstić information content (AvgIpc) is 2.92. The molecule has 0 amide bonds. The van der Waals surface area contributed by atoms with Crippen molar-refractivity contribution >= 4 is 23.0 Å². The zero-order valence-corrected chi connectivity index (χ0v) is 11.9. The minimum Gasteiger partial charge on any atom is -0.454 e. The molecule has 6 heteroatoms. The highest BCUT2D eigenvalue weighted by Gasteiger charge is 2.13. The summed E-state index contributed by atoms with van der Waals surface area (Å²) >= 11 is 5.18. The summed E-state index contributed by atoms with van der Waals surface area (Å²) in [5.74, 6) is 1.18. The molecule has 0 saturated carbocycles. The lowest BCUT2D eigenvalue weighted by Gasteiger charge is -2.11. The van der Waals surface area contributed by atoms with Crippen LogP contribution in [0.3, 0.4) is 0 Å². The van der Waals surface area contributed by atoms with Crippen molar-refractivity contribution in [2.24, 2.45) is 0 Å². The van der Waals surface area contributed by atoms with Crippen LogP contribution in [0.4, 0.5) is 10.1 Å². The number of thiocarbonyl (C=S) groups is 1. The number of hydrogen-bond donors (Lipinski definition) is 2. The standard InChI is InChI=1S/C15H13FN2O2S/c16-11-2-1-3-12(7-11)18-15(21)17-8-10-4-5-13-14(6-10)20-9-19-13/h1-7H,8-9H2,(H2,17,18,21). The topological polar surface area (TPSA) is 42.5 Å². The first-order chi connectivity index (χ1) is 10.2. The normalized spacial score (nSPS) is 12.0. The molecule has 0 fully saturated rings. The van der Waals surface area contributed by atoms with Crippen LogP contribution in [0.5, 0.6) is 11.5 Å². The smallest absolute Gasteiger partial charge is 0.231 e. The van der Waals surface area contributed by atoms with Gasteiger partial charge in [0.05, 0.1) is 0 Å². The zero-order valence-electron chi connectivity index (χ0n) is 11.1. The second-order valence-electron chi connectivity index (χ2n) is 4.51. The molecule has 0 aliphatic carbocycles. The van der Waals surface area contributed by atoms with Crippen LogP contribution in [-0.2, 0) is 6.54 Å². The highest BCUT2D eigenvalue weighted by molar-refractivity contribution is 7.80. The lowest BCUT2D eigenvalue weighted by Crippen LogP contribution is -2.27. The summed E-state index contributed by atoms with van der Waals surface area (Å²) in [6.45, 7) is 0.795. The Morgan fingerprint density at radius 3 is 2.86 bits per heavy atom. The summed E-state index contributed by atoms with van der Waals surface area (Å²) in [5.41, 5.74) is 1.63. The van der Waals surface area contributed by atoms with Crippen molar-refractivity contribution in [1.82, 2.24) is 5.32 Å². The molecule has 1 aliphatic heterocycles. The van der Waals surface area contributed by atoms with Crippen LogP contribution in [0.25, 0.3) is 0 Å². The van der Waals surface area contributed by atoms with Gasteiger partial charge in [0, 0.05) is 12.2 Å². The van der Waals surface area contributed by atoms with Gasteiger partial charge in [-0.05, 0) is 48.1 Å². The molecule has 0 spiro atoms. The molecule has 0 atom stereocenters. The monoisotopic (exact) mass is 304 g/mol. The summed E-state index contributed by atoms with van der Waals surface area (Å²) in [7, 11) is 0. The van der Waals surface area contributed by atoms with Crippen molar-refractivity contribution < 1.29 is 13.9 Å². The summed E-state index contributed by atoms with van der Waals surface area (Å²) in [6, 6.07) is 11.8. The fourth-order valence-electron chi connectivity index (χ4n) is 1.97. The first-order valence-electron chi connectivity index (χ1n) is 6.40. The fraction of sp³-hybridized carbons (Fsp3) is 0.133. The van der Waals surface area contributed by atoms with E-state index in [2.05, 4.69) is 10.6 Å². The SMILES string of the molecule is Fc1cccc(NC(=S)NCc2ccc3c(c2)OCO3)c1. The molecule has 4 nitrogen and oxygen atoms in total. The third-order valence-corrected chi connectivity index (χ3v) is 3.22. The Balaban J connectivity index is 1.56. The average molecular weight is 304 g/mol. The van der Waals surface area contributed by atoms with Gasteiger partial charge in [0.25, 0.3) is 0 Å². The van der Waals surface area contributed by atoms with E-state index in [-0.39, 0.29) is 12.6 Å². The molecule has 21 heavy (non-hydrogen) atoms. The summed E-state index contributed by atoms with van der Waals surface area (Å²) in [4.78, 5) is 0. The van der Waals surface area contributed by atoms with E-state index in [4.69, 9.17) is 21.7 Å². The highest BCUT2D eigenvalue weighted by atomic mass is 32.1. The van der Waals surface area contributed by atoms with E-state index in [9.17, 15) is 4.39 Å². The van der Waals surface area contributed by atoms with E-state index in [1.807, 2.05) is 18.2 Å². The Morgan fingerprint density at radius 1 is 1.14 bits per heavy atom. The van der Waals surface area contributed by atoms with Crippen molar-refractivity contribution in [2.75, 3.05) is 12.1 Å². The number of anilines is 1. The van der Waals surface area contributed by atoms with Gasteiger partial charge in [0.15, 0.2) is 16.6 Å². The van der Waals surface area contributed by atoms with E-state index < -0.39 is 0 Å². The predicted octanol–water partition coefficient (Wildman–Crippen LogP) is 3.04. The zero-order chi connectivity index (χ0) is 14.7. The Kier molecular flexibility index (Phi) is 3.87. The van der Waals surface area contributed by atoms with Crippen LogP contribution in [0, 0.1) is 5.82 Å². The van der Waals surface area contributed by atoms with E-state index in [1.165, 1.54) is 12.1 Å². The molecule has 1 heterocycles. The van der Waals surface area contributed by atoms with Gasteiger partial charge >= 0.3 is 0 Å². The Hall–Kier alpha value is -2.34. The molecule has 0 radical (unpaired) electrons. The molecule has 0 bridgehead atoms. The number of nitrogens with one attached hydrogen (secondary N) is 2. The predicted molar refractivity (Wildman–Crippen MR) is 82.0 cm³/mol. The van der Waals surface area contributed by atoms with E-state index >= 15 is 0 Å². The lowest BCUT2D eigenvalue weighted by molar-refractivity contribution is 0.174. The Bertz CT molecular complexity index is 678. The number of halogens is 1. The molecular formula is C15H13FN2O2S. The number of rotatable bonds is 3. The van der Waals surface area contributed by atoms with E-state index in [1.54, 1.807) is 12.1 Å². The molecule has 1 aliphatic rings. The number of ether oxygens (including phenoxy) is 2. The summed E-state index contributed by atoms with van der Waals surface area (Å²) < 4.78 is 23.6. The van der Waals surface area contributed by atoms with Gasteiger partial charge in [-0.2, -0.15) is 0 Å². The lowest BCUT2D eigenvalue weighted by atomic mass is 10.2. The molecule has 2 aromatic carbocycles. The molecule has 0 saturated heterocycles. The van der Waals surface area contributed by atoms with E-state index in [0.29, 0.717) is 17.3 Å². The van der Waals surface area contributed by atoms with Crippen molar-refractivity contribution in [3.05, 3.63) is 53.8 Å². The molecule has 0 unspecified atom stereocenters. The summed E-state index contributed by atoms with van der Waals surface area (Å²) in [5, 5.41) is 6.42. The maximum Gasteiger partial charge on any atom is 0.231 e.